The third-order valence-electron chi connectivity index (χ3n) is 10.4. The maximum Gasteiger partial charge on any atom is 0.276 e. The summed E-state index contributed by atoms with van der Waals surface area (Å²) in [6, 6.07) is 2.33. The molecule has 1 aromatic carbocycles. The van der Waals surface area contributed by atoms with Gasteiger partial charge in [-0.25, -0.2) is 9.02 Å². The van der Waals surface area contributed by atoms with Crippen LogP contribution >= 0.6 is 0 Å². The zero-order chi connectivity index (χ0) is 37.5. The summed E-state index contributed by atoms with van der Waals surface area (Å²) in [6.45, 7) is 10.3. The van der Waals surface area contributed by atoms with Crippen molar-refractivity contribution in [1.29, 1.82) is 0 Å². The molecule has 4 amide bonds. The van der Waals surface area contributed by atoms with Crippen molar-refractivity contribution in [2.45, 2.75) is 84.3 Å². The lowest BCUT2D eigenvalue weighted by Gasteiger charge is -2.36. The van der Waals surface area contributed by atoms with Gasteiger partial charge in [0.05, 0.1) is 19.0 Å². The summed E-state index contributed by atoms with van der Waals surface area (Å²) in [5, 5.41) is 20.1. The summed E-state index contributed by atoms with van der Waals surface area (Å²) < 4.78 is 27.5. The first-order valence-electron chi connectivity index (χ1n) is 18.1. The second-order valence-electron chi connectivity index (χ2n) is 13.9. The number of methoxy groups -OCH3 is 1. The number of ether oxygens (including phenoxy) is 1. The van der Waals surface area contributed by atoms with Gasteiger partial charge in [-0.2, -0.15) is 5.10 Å². The molecule has 1 aliphatic carbocycles. The molecular formula is C36H50FN9O6. The van der Waals surface area contributed by atoms with Crippen LogP contribution in [0.4, 0.5) is 10.1 Å². The Balaban J connectivity index is 1.37. The standard InChI is InChI=1S/C36H50FN9O6/c1-7-26-31(43-52-42-26)34(48)41-30(23-11-9-21(3)10-12-23)33(47)39-27-14-13-24(19-25(27)37)22(4)29(36(50)45-17-15-44(5)16-18-45)40-35(49)32-28(51-6)20-38-46(32)8-2/h13-14,19-23,29-30H,7-12,15-18H2,1-6H3,(H,39,47)(H,40,49)(H,41,48)/t21-,22-,23-,29+,30-/m0/s1. The van der Waals surface area contributed by atoms with Gasteiger partial charge in [-0.15, -0.1) is 0 Å². The number of aryl methyl sites for hydroxylation is 2. The van der Waals surface area contributed by atoms with E-state index in [-0.39, 0.29) is 34.6 Å². The Morgan fingerprint density at radius 3 is 2.37 bits per heavy atom. The molecule has 3 heterocycles. The number of anilines is 1. The fourth-order valence-corrected chi connectivity index (χ4v) is 6.98. The Morgan fingerprint density at radius 2 is 1.73 bits per heavy atom. The van der Waals surface area contributed by atoms with Crippen LogP contribution < -0.4 is 20.7 Å². The molecule has 3 N–H and O–H groups in total. The lowest BCUT2D eigenvalue weighted by molar-refractivity contribution is -0.135. The van der Waals surface area contributed by atoms with Crippen LogP contribution in [0.15, 0.2) is 29.0 Å². The van der Waals surface area contributed by atoms with Crippen molar-refractivity contribution in [3.8, 4) is 5.75 Å². The molecule has 5 rings (SSSR count). The molecular weight excluding hydrogens is 673 g/mol. The molecule has 2 aromatic heterocycles. The molecule has 0 unspecified atom stereocenters. The fourth-order valence-electron chi connectivity index (χ4n) is 6.98. The maximum atomic E-state index is 15.9. The molecule has 1 saturated carbocycles. The van der Waals surface area contributed by atoms with Crippen LogP contribution in [0.1, 0.15) is 91.5 Å². The number of benzene rings is 1. The first-order valence-corrected chi connectivity index (χ1v) is 18.1. The van der Waals surface area contributed by atoms with Crippen molar-refractivity contribution < 1.29 is 32.9 Å². The highest BCUT2D eigenvalue weighted by molar-refractivity contribution is 6.01. The van der Waals surface area contributed by atoms with Gasteiger partial charge in [0.1, 0.15) is 23.6 Å². The number of amides is 4. The lowest BCUT2D eigenvalue weighted by atomic mass is 9.79. The van der Waals surface area contributed by atoms with Gasteiger partial charge in [0.2, 0.25) is 11.8 Å². The summed E-state index contributed by atoms with van der Waals surface area (Å²) in [5.41, 5.74) is 0.928. The molecule has 2 aliphatic rings. The van der Waals surface area contributed by atoms with Crippen LogP contribution in [-0.2, 0) is 22.6 Å². The van der Waals surface area contributed by atoms with E-state index in [4.69, 9.17) is 9.37 Å². The number of likely N-dealkylation sites (N-methyl/N-ethyl adjacent to an activating group) is 1. The molecule has 0 radical (unpaired) electrons. The van der Waals surface area contributed by atoms with Crippen LogP contribution in [0.2, 0.25) is 0 Å². The summed E-state index contributed by atoms with van der Waals surface area (Å²) in [4.78, 5) is 58.6. The van der Waals surface area contributed by atoms with E-state index in [0.717, 1.165) is 25.7 Å². The normalized spacial score (nSPS) is 19.7. The molecule has 0 bridgehead atoms. The molecule has 1 saturated heterocycles. The van der Waals surface area contributed by atoms with Crippen molar-refractivity contribution in [2.75, 3.05) is 45.7 Å². The van der Waals surface area contributed by atoms with E-state index in [9.17, 15) is 19.2 Å². The molecule has 1 aliphatic heterocycles. The number of carbonyl (C=O) groups is 4. The molecule has 16 heteroatoms. The third kappa shape index (κ3) is 8.60. The molecule has 2 fully saturated rings. The molecule has 3 atom stereocenters. The Morgan fingerprint density at radius 1 is 1.02 bits per heavy atom. The lowest BCUT2D eigenvalue weighted by Crippen LogP contribution is -2.56. The quantitative estimate of drug-likeness (QED) is 0.237. The zero-order valence-electron chi connectivity index (χ0n) is 30.8. The molecule has 52 heavy (non-hydrogen) atoms. The smallest absolute Gasteiger partial charge is 0.276 e. The fraction of sp³-hybridized carbons (Fsp3) is 0.583. The van der Waals surface area contributed by atoms with E-state index in [1.54, 1.807) is 17.9 Å². The summed E-state index contributed by atoms with van der Waals surface area (Å²) in [7, 11) is 3.42. The van der Waals surface area contributed by atoms with Gasteiger partial charge in [0.25, 0.3) is 11.8 Å². The molecule has 0 spiro atoms. The van der Waals surface area contributed by atoms with Crippen molar-refractivity contribution >= 4 is 29.3 Å². The predicted octanol–water partition coefficient (Wildman–Crippen LogP) is 3.24. The van der Waals surface area contributed by atoms with E-state index in [1.807, 2.05) is 20.9 Å². The van der Waals surface area contributed by atoms with E-state index in [1.165, 1.54) is 30.1 Å². The van der Waals surface area contributed by atoms with Gasteiger partial charge in [-0.1, -0.05) is 44.8 Å². The number of nitrogens with zero attached hydrogens (tertiary/aromatic N) is 6. The largest absolute Gasteiger partial charge is 0.493 e. The Labute approximate surface area is 302 Å². The van der Waals surface area contributed by atoms with Crippen LogP contribution in [0.25, 0.3) is 0 Å². The van der Waals surface area contributed by atoms with Crippen molar-refractivity contribution in [3.05, 3.63) is 52.9 Å². The van der Waals surface area contributed by atoms with E-state index in [2.05, 4.69) is 43.2 Å². The average Bonchev–Trinajstić information content (AvgIpc) is 3.81. The van der Waals surface area contributed by atoms with Gasteiger partial charge >= 0.3 is 0 Å². The van der Waals surface area contributed by atoms with Gasteiger partial charge in [-0.05, 0) is 67.9 Å². The minimum atomic E-state index is -1.05. The summed E-state index contributed by atoms with van der Waals surface area (Å²) in [6.07, 6.45) is 5.10. The highest BCUT2D eigenvalue weighted by Gasteiger charge is 2.36. The zero-order valence-corrected chi connectivity index (χ0v) is 30.8. The maximum absolute atomic E-state index is 15.9. The van der Waals surface area contributed by atoms with Crippen LogP contribution in [0.3, 0.4) is 0 Å². The van der Waals surface area contributed by atoms with Gasteiger partial charge in [-0.3, -0.25) is 23.9 Å². The van der Waals surface area contributed by atoms with Gasteiger partial charge in [0, 0.05) is 38.6 Å². The average molecular weight is 724 g/mol. The molecule has 15 nitrogen and oxygen atoms in total. The van der Waals surface area contributed by atoms with Crippen molar-refractivity contribution in [2.24, 2.45) is 11.8 Å². The molecule has 282 valence electrons. The highest BCUT2D eigenvalue weighted by Crippen LogP contribution is 2.32. The third-order valence-corrected chi connectivity index (χ3v) is 10.4. The number of piperazine rings is 1. The Kier molecular flexibility index (Phi) is 12.6. The minimum Gasteiger partial charge on any atom is -0.493 e. The number of nitrogens with one attached hydrogen (secondary N) is 3. The van der Waals surface area contributed by atoms with Crippen molar-refractivity contribution in [1.82, 2.24) is 40.5 Å². The Hall–Kier alpha value is -4.86. The van der Waals surface area contributed by atoms with E-state index in [0.29, 0.717) is 56.3 Å². The van der Waals surface area contributed by atoms with E-state index < -0.39 is 41.5 Å². The number of carbonyl (C=O) groups excluding carboxylic acids is 4. The first kappa shape index (κ1) is 38.4. The first-order chi connectivity index (χ1) is 24.9. The summed E-state index contributed by atoms with van der Waals surface area (Å²) >= 11 is 0. The van der Waals surface area contributed by atoms with Gasteiger partial charge < -0.3 is 30.5 Å². The monoisotopic (exact) mass is 723 g/mol. The predicted molar refractivity (Wildman–Crippen MR) is 189 cm³/mol. The number of rotatable bonds is 13. The number of hydrogen-bond acceptors (Lipinski definition) is 10. The highest BCUT2D eigenvalue weighted by atomic mass is 19.1. The minimum absolute atomic E-state index is 0.0133. The second-order valence-corrected chi connectivity index (χ2v) is 13.9. The Bertz CT molecular complexity index is 1710. The number of halogens is 1. The number of hydrogen-bond donors (Lipinski definition) is 3. The summed E-state index contributed by atoms with van der Waals surface area (Å²) in [5.74, 6) is -2.76. The second kappa shape index (κ2) is 17.1. The van der Waals surface area contributed by atoms with Crippen LogP contribution in [-0.4, -0.2) is 106 Å². The van der Waals surface area contributed by atoms with Crippen LogP contribution in [0.5, 0.6) is 5.75 Å². The van der Waals surface area contributed by atoms with Crippen LogP contribution in [0, 0.1) is 17.7 Å². The SMILES string of the molecule is CCc1nonc1C(=O)N[C@H](C(=O)Nc1ccc([C@H](C)[C@@H](NC(=O)c2c(OC)cnn2CC)C(=O)N2CCN(C)CC2)cc1F)[C@H]1CC[C@H](C)CC1. The molecule has 3 aromatic rings. The topological polar surface area (TPSA) is 177 Å². The number of aromatic nitrogens is 4. The van der Waals surface area contributed by atoms with Gasteiger partial charge in [0.15, 0.2) is 17.1 Å². The van der Waals surface area contributed by atoms with Crippen molar-refractivity contribution in [3.63, 3.8) is 0 Å². The van der Waals surface area contributed by atoms with E-state index >= 15 is 4.39 Å².